The summed E-state index contributed by atoms with van der Waals surface area (Å²) in [6, 6.07) is 9.20. The van der Waals surface area contributed by atoms with Gasteiger partial charge in [-0.1, -0.05) is 36.9 Å². The lowest BCUT2D eigenvalue weighted by Crippen LogP contribution is -2.39. The summed E-state index contributed by atoms with van der Waals surface area (Å²) >= 11 is 6.11. The molecule has 1 aromatic heterocycles. The number of halogens is 1. The van der Waals surface area contributed by atoms with Crippen LogP contribution in [0.25, 0.3) is 0 Å². The molecule has 1 saturated carbocycles. The number of nitrogens with zero attached hydrogens (tertiary/aromatic N) is 2. The van der Waals surface area contributed by atoms with Crippen LogP contribution in [0.3, 0.4) is 0 Å². The number of urea groups is 1. The largest absolute Gasteiger partial charge is 0.339 e. The van der Waals surface area contributed by atoms with E-state index < -0.39 is 0 Å². The molecule has 3 N–H and O–H groups in total. The number of aromatic nitrogens is 2. The second kappa shape index (κ2) is 8.16. The van der Waals surface area contributed by atoms with E-state index in [-0.39, 0.29) is 12.1 Å². The Labute approximate surface area is 152 Å². The zero-order valence-electron chi connectivity index (χ0n) is 14.2. The van der Waals surface area contributed by atoms with Crippen molar-refractivity contribution in [2.24, 2.45) is 0 Å². The molecule has 25 heavy (non-hydrogen) atoms. The smallest absolute Gasteiger partial charge is 0.320 e. The van der Waals surface area contributed by atoms with E-state index in [0.29, 0.717) is 16.7 Å². The molecule has 0 radical (unpaired) electrons. The SMILES string of the molecule is Cc1ccc(Nc2ccc(NC(=O)NC3CCCCC3)nn2)cc1Cl. The van der Waals surface area contributed by atoms with Crippen LogP contribution in [-0.2, 0) is 0 Å². The van der Waals surface area contributed by atoms with Crippen molar-refractivity contribution in [3.05, 3.63) is 40.9 Å². The number of hydrogen-bond acceptors (Lipinski definition) is 4. The van der Waals surface area contributed by atoms with E-state index in [1.807, 2.05) is 25.1 Å². The Kier molecular flexibility index (Phi) is 5.71. The average molecular weight is 360 g/mol. The van der Waals surface area contributed by atoms with E-state index in [9.17, 15) is 4.79 Å². The second-order valence-corrected chi connectivity index (χ2v) is 6.73. The topological polar surface area (TPSA) is 78.9 Å². The molecule has 2 amide bonds. The minimum atomic E-state index is -0.229. The van der Waals surface area contributed by atoms with Gasteiger partial charge in [0, 0.05) is 16.8 Å². The van der Waals surface area contributed by atoms with Crippen LogP contribution in [0.4, 0.5) is 22.1 Å². The van der Waals surface area contributed by atoms with Crippen molar-refractivity contribution >= 4 is 35.0 Å². The highest BCUT2D eigenvalue weighted by atomic mass is 35.5. The maximum Gasteiger partial charge on any atom is 0.320 e. The van der Waals surface area contributed by atoms with Gasteiger partial charge >= 0.3 is 6.03 Å². The van der Waals surface area contributed by atoms with E-state index >= 15 is 0 Å². The Morgan fingerprint density at radius 2 is 1.80 bits per heavy atom. The van der Waals surface area contributed by atoms with Crippen LogP contribution in [0.2, 0.25) is 5.02 Å². The molecule has 1 fully saturated rings. The highest BCUT2D eigenvalue weighted by Crippen LogP contribution is 2.22. The summed E-state index contributed by atoms with van der Waals surface area (Å²) in [4.78, 5) is 12.0. The zero-order chi connectivity index (χ0) is 17.6. The first-order valence-corrected chi connectivity index (χ1v) is 8.92. The number of nitrogens with one attached hydrogen (secondary N) is 3. The van der Waals surface area contributed by atoms with Gasteiger partial charge in [-0.2, -0.15) is 0 Å². The summed E-state index contributed by atoms with van der Waals surface area (Å²) in [7, 11) is 0. The summed E-state index contributed by atoms with van der Waals surface area (Å²) in [6.45, 7) is 1.95. The van der Waals surface area contributed by atoms with Crippen LogP contribution < -0.4 is 16.0 Å². The van der Waals surface area contributed by atoms with Gasteiger partial charge < -0.3 is 10.6 Å². The number of benzene rings is 1. The van der Waals surface area contributed by atoms with Crippen LogP contribution in [0.15, 0.2) is 30.3 Å². The van der Waals surface area contributed by atoms with Gasteiger partial charge in [0.05, 0.1) is 0 Å². The Bertz CT molecular complexity index is 729. The second-order valence-electron chi connectivity index (χ2n) is 6.33. The van der Waals surface area contributed by atoms with Crippen molar-refractivity contribution in [1.82, 2.24) is 15.5 Å². The first kappa shape index (κ1) is 17.5. The quantitative estimate of drug-likeness (QED) is 0.743. The molecule has 0 atom stereocenters. The lowest BCUT2D eigenvalue weighted by atomic mass is 9.96. The molecule has 1 aliphatic carbocycles. The first-order valence-electron chi connectivity index (χ1n) is 8.54. The fourth-order valence-corrected chi connectivity index (χ4v) is 3.05. The van der Waals surface area contributed by atoms with Gasteiger partial charge in [0.15, 0.2) is 11.6 Å². The van der Waals surface area contributed by atoms with Crippen molar-refractivity contribution in [3.8, 4) is 0 Å². The Morgan fingerprint density at radius 3 is 2.48 bits per heavy atom. The van der Waals surface area contributed by atoms with Crippen LogP contribution in [0.5, 0.6) is 0 Å². The third kappa shape index (κ3) is 5.06. The lowest BCUT2D eigenvalue weighted by Gasteiger charge is -2.22. The van der Waals surface area contributed by atoms with Gasteiger partial charge in [0.25, 0.3) is 0 Å². The van der Waals surface area contributed by atoms with Gasteiger partial charge in [-0.3, -0.25) is 5.32 Å². The monoisotopic (exact) mass is 359 g/mol. The van der Waals surface area contributed by atoms with Crippen molar-refractivity contribution in [3.63, 3.8) is 0 Å². The van der Waals surface area contributed by atoms with Gasteiger partial charge in [0.1, 0.15) is 0 Å². The molecular weight excluding hydrogens is 338 g/mol. The van der Waals surface area contributed by atoms with Crippen LogP contribution >= 0.6 is 11.6 Å². The molecule has 0 aliphatic heterocycles. The number of aryl methyl sites for hydroxylation is 1. The van der Waals surface area contributed by atoms with Gasteiger partial charge in [-0.15, -0.1) is 10.2 Å². The minimum absolute atomic E-state index is 0.229. The predicted molar refractivity (Wildman–Crippen MR) is 101 cm³/mol. The standard InChI is InChI=1S/C18H22ClN5O/c1-12-7-8-14(11-15(12)19)20-16-9-10-17(24-23-16)22-18(25)21-13-5-3-2-4-6-13/h7-11,13H,2-6H2,1H3,(H,20,23)(H2,21,22,24,25). The molecule has 1 aromatic carbocycles. The van der Waals surface area contributed by atoms with E-state index in [1.54, 1.807) is 12.1 Å². The fraction of sp³-hybridized carbons (Fsp3) is 0.389. The predicted octanol–water partition coefficient (Wildman–Crippen LogP) is 4.64. The van der Waals surface area contributed by atoms with E-state index in [0.717, 1.165) is 24.1 Å². The normalized spacial score (nSPS) is 14.8. The molecule has 1 heterocycles. The number of hydrogen-bond donors (Lipinski definition) is 3. The first-order chi connectivity index (χ1) is 12.1. The molecule has 6 nitrogen and oxygen atoms in total. The molecule has 7 heteroatoms. The molecule has 1 aliphatic rings. The van der Waals surface area contributed by atoms with Crippen LogP contribution in [-0.4, -0.2) is 22.3 Å². The van der Waals surface area contributed by atoms with E-state index in [2.05, 4.69) is 26.1 Å². The minimum Gasteiger partial charge on any atom is -0.339 e. The third-order valence-corrected chi connectivity index (χ3v) is 4.70. The molecule has 3 rings (SSSR count). The third-order valence-electron chi connectivity index (χ3n) is 4.29. The molecule has 2 aromatic rings. The maximum atomic E-state index is 12.0. The lowest BCUT2D eigenvalue weighted by molar-refractivity contribution is 0.244. The summed E-state index contributed by atoms with van der Waals surface area (Å²) in [5, 5.41) is 17.6. The number of amides is 2. The van der Waals surface area contributed by atoms with Crippen molar-refractivity contribution < 1.29 is 4.79 Å². The van der Waals surface area contributed by atoms with E-state index in [4.69, 9.17) is 11.6 Å². The number of rotatable bonds is 4. The van der Waals surface area contributed by atoms with Gasteiger partial charge in [-0.25, -0.2) is 4.79 Å². The van der Waals surface area contributed by atoms with Crippen LogP contribution in [0.1, 0.15) is 37.7 Å². The summed E-state index contributed by atoms with van der Waals surface area (Å²) in [5.74, 6) is 0.999. The number of anilines is 3. The molecule has 0 unspecified atom stereocenters. The zero-order valence-corrected chi connectivity index (χ0v) is 14.9. The summed E-state index contributed by atoms with van der Waals surface area (Å²) in [6.07, 6.45) is 5.69. The van der Waals surface area contributed by atoms with Crippen LogP contribution in [0, 0.1) is 6.92 Å². The highest BCUT2D eigenvalue weighted by Gasteiger charge is 2.15. The van der Waals surface area contributed by atoms with E-state index in [1.165, 1.54) is 19.3 Å². The number of carbonyl (C=O) groups excluding carboxylic acids is 1. The average Bonchev–Trinajstić information content (AvgIpc) is 2.61. The molecule has 132 valence electrons. The van der Waals surface area contributed by atoms with Crippen molar-refractivity contribution in [2.75, 3.05) is 10.6 Å². The Hall–Kier alpha value is -2.34. The molecule has 0 saturated heterocycles. The Balaban J connectivity index is 1.54. The number of carbonyl (C=O) groups is 1. The Morgan fingerprint density at radius 1 is 1.08 bits per heavy atom. The fourth-order valence-electron chi connectivity index (χ4n) is 2.87. The summed E-state index contributed by atoms with van der Waals surface area (Å²) in [5.41, 5.74) is 1.85. The van der Waals surface area contributed by atoms with Gasteiger partial charge in [-0.05, 0) is 49.6 Å². The van der Waals surface area contributed by atoms with Crippen molar-refractivity contribution in [1.29, 1.82) is 0 Å². The molecule has 0 bridgehead atoms. The highest BCUT2D eigenvalue weighted by molar-refractivity contribution is 6.31. The van der Waals surface area contributed by atoms with Gasteiger partial charge in [0.2, 0.25) is 0 Å². The molecular formula is C18H22ClN5O. The maximum absolute atomic E-state index is 12.0. The van der Waals surface area contributed by atoms with Crippen molar-refractivity contribution in [2.45, 2.75) is 45.1 Å². The summed E-state index contributed by atoms with van der Waals surface area (Å²) < 4.78 is 0. The molecule has 0 spiro atoms.